The van der Waals surface area contributed by atoms with Gasteiger partial charge in [0.15, 0.2) is 0 Å². The standard InChI is InChI=1S/C16H27N3O/c1-5-10-17-15-9-7-6-8-14(15)16(20)18-11-12-19(4)13(2)3/h6-9,13,17H,5,10-12H2,1-4H3,(H,18,20). The van der Waals surface area contributed by atoms with Gasteiger partial charge in [-0.3, -0.25) is 4.79 Å². The first-order chi connectivity index (χ1) is 9.56. The van der Waals surface area contributed by atoms with Crippen LogP contribution in [0.3, 0.4) is 0 Å². The first-order valence-electron chi connectivity index (χ1n) is 7.37. The number of hydrogen-bond donors (Lipinski definition) is 2. The average molecular weight is 277 g/mol. The molecule has 4 heteroatoms. The lowest BCUT2D eigenvalue weighted by Crippen LogP contribution is -2.36. The lowest BCUT2D eigenvalue weighted by Gasteiger charge is -2.21. The van der Waals surface area contributed by atoms with Crippen molar-refractivity contribution in [2.45, 2.75) is 33.2 Å². The molecule has 1 amide bonds. The fraction of sp³-hybridized carbons (Fsp3) is 0.562. The molecule has 1 aromatic rings. The Labute approximate surface area is 122 Å². The van der Waals surface area contributed by atoms with E-state index in [1.165, 1.54) is 0 Å². The summed E-state index contributed by atoms with van der Waals surface area (Å²) in [5.41, 5.74) is 1.62. The summed E-state index contributed by atoms with van der Waals surface area (Å²) in [6, 6.07) is 8.14. The van der Waals surface area contributed by atoms with E-state index in [-0.39, 0.29) is 5.91 Å². The second-order valence-corrected chi connectivity index (χ2v) is 5.30. The molecule has 0 atom stereocenters. The zero-order valence-electron chi connectivity index (χ0n) is 13.1. The van der Waals surface area contributed by atoms with Gasteiger partial charge in [0.05, 0.1) is 5.56 Å². The molecule has 20 heavy (non-hydrogen) atoms. The quantitative estimate of drug-likeness (QED) is 0.767. The molecule has 112 valence electrons. The van der Waals surface area contributed by atoms with Gasteiger partial charge >= 0.3 is 0 Å². The molecular weight excluding hydrogens is 250 g/mol. The second kappa shape index (κ2) is 8.59. The molecule has 0 aliphatic rings. The molecule has 1 aromatic carbocycles. The van der Waals surface area contributed by atoms with Crippen LogP contribution >= 0.6 is 0 Å². The number of nitrogens with zero attached hydrogens (tertiary/aromatic N) is 1. The molecule has 0 fully saturated rings. The Morgan fingerprint density at radius 1 is 1.25 bits per heavy atom. The molecule has 0 heterocycles. The summed E-state index contributed by atoms with van der Waals surface area (Å²) in [7, 11) is 2.06. The molecule has 0 aliphatic heterocycles. The van der Waals surface area contributed by atoms with Crippen LogP contribution in [0.5, 0.6) is 0 Å². The molecule has 0 saturated carbocycles. The van der Waals surface area contributed by atoms with Crippen LogP contribution in [0, 0.1) is 0 Å². The van der Waals surface area contributed by atoms with Crippen molar-refractivity contribution in [3.8, 4) is 0 Å². The van der Waals surface area contributed by atoms with Gasteiger partial charge in [0.1, 0.15) is 0 Å². The average Bonchev–Trinajstić information content (AvgIpc) is 2.45. The van der Waals surface area contributed by atoms with Crippen LogP contribution in [0.15, 0.2) is 24.3 Å². The van der Waals surface area contributed by atoms with Crippen molar-refractivity contribution < 1.29 is 4.79 Å². The van der Waals surface area contributed by atoms with E-state index < -0.39 is 0 Å². The highest BCUT2D eigenvalue weighted by Crippen LogP contribution is 2.14. The number of para-hydroxylation sites is 1. The Hall–Kier alpha value is -1.55. The Bertz CT molecular complexity index is 418. The van der Waals surface area contributed by atoms with Crippen molar-refractivity contribution >= 4 is 11.6 Å². The molecule has 0 aliphatic carbocycles. The van der Waals surface area contributed by atoms with Gasteiger partial charge in [0.25, 0.3) is 5.91 Å². The van der Waals surface area contributed by atoms with E-state index in [1.54, 1.807) is 0 Å². The number of benzene rings is 1. The summed E-state index contributed by atoms with van der Waals surface area (Å²) in [6.45, 7) is 8.79. The number of hydrogen-bond acceptors (Lipinski definition) is 3. The van der Waals surface area contributed by atoms with Gasteiger partial charge in [-0.25, -0.2) is 0 Å². The third kappa shape index (κ3) is 5.21. The molecule has 1 rings (SSSR count). The molecule has 0 radical (unpaired) electrons. The molecule has 2 N–H and O–H groups in total. The van der Waals surface area contributed by atoms with Crippen LogP contribution in [-0.2, 0) is 0 Å². The van der Waals surface area contributed by atoms with Crippen molar-refractivity contribution in [1.29, 1.82) is 0 Å². The van der Waals surface area contributed by atoms with Crippen LogP contribution < -0.4 is 10.6 Å². The predicted octanol–water partition coefficient (Wildman–Crippen LogP) is 2.58. The van der Waals surface area contributed by atoms with Crippen LogP contribution in [0.25, 0.3) is 0 Å². The van der Waals surface area contributed by atoms with Crippen molar-refractivity contribution in [1.82, 2.24) is 10.2 Å². The predicted molar refractivity (Wildman–Crippen MR) is 85.3 cm³/mol. The van der Waals surface area contributed by atoms with E-state index in [1.807, 2.05) is 24.3 Å². The third-order valence-corrected chi connectivity index (χ3v) is 3.37. The normalized spacial score (nSPS) is 10.9. The minimum Gasteiger partial charge on any atom is -0.384 e. The summed E-state index contributed by atoms with van der Waals surface area (Å²) in [5.74, 6) is -0.0126. The van der Waals surface area contributed by atoms with Crippen LogP contribution in [-0.4, -0.2) is 43.5 Å². The maximum Gasteiger partial charge on any atom is 0.253 e. The van der Waals surface area contributed by atoms with Gasteiger partial charge in [0, 0.05) is 31.4 Å². The number of likely N-dealkylation sites (N-methyl/N-ethyl adjacent to an activating group) is 1. The van der Waals surface area contributed by atoms with Gasteiger partial charge in [-0.15, -0.1) is 0 Å². The summed E-state index contributed by atoms with van der Waals surface area (Å²) in [6.07, 6.45) is 1.04. The van der Waals surface area contributed by atoms with E-state index in [2.05, 4.69) is 43.4 Å². The summed E-state index contributed by atoms with van der Waals surface area (Å²) in [5, 5.41) is 6.27. The van der Waals surface area contributed by atoms with Crippen molar-refractivity contribution in [2.75, 3.05) is 32.0 Å². The molecule has 0 spiro atoms. The lowest BCUT2D eigenvalue weighted by molar-refractivity contribution is 0.0949. The van der Waals surface area contributed by atoms with Crippen LogP contribution in [0.2, 0.25) is 0 Å². The number of nitrogens with one attached hydrogen (secondary N) is 2. The first-order valence-corrected chi connectivity index (χ1v) is 7.37. The van der Waals surface area contributed by atoms with E-state index in [4.69, 9.17) is 0 Å². The highest BCUT2D eigenvalue weighted by molar-refractivity contribution is 5.99. The van der Waals surface area contributed by atoms with Gasteiger partial charge < -0.3 is 15.5 Å². The zero-order chi connectivity index (χ0) is 15.0. The fourth-order valence-electron chi connectivity index (χ4n) is 1.79. The zero-order valence-corrected chi connectivity index (χ0v) is 13.1. The monoisotopic (exact) mass is 277 g/mol. The van der Waals surface area contributed by atoms with Crippen LogP contribution in [0.4, 0.5) is 5.69 Å². The molecule has 4 nitrogen and oxygen atoms in total. The summed E-state index contributed by atoms with van der Waals surface area (Å²) >= 11 is 0. The minimum atomic E-state index is -0.0126. The lowest BCUT2D eigenvalue weighted by atomic mass is 10.1. The third-order valence-electron chi connectivity index (χ3n) is 3.37. The Balaban J connectivity index is 2.54. The molecule has 0 saturated heterocycles. The van der Waals surface area contributed by atoms with E-state index >= 15 is 0 Å². The molecule has 0 aromatic heterocycles. The largest absolute Gasteiger partial charge is 0.384 e. The Kier molecular flexibility index (Phi) is 7.09. The number of carbonyl (C=O) groups is 1. The van der Waals surface area contributed by atoms with Crippen molar-refractivity contribution in [3.63, 3.8) is 0 Å². The van der Waals surface area contributed by atoms with Crippen LogP contribution in [0.1, 0.15) is 37.6 Å². The minimum absolute atomic E-state index is 0.0126. The van der Waals surface area contributed by atoms with Gasteiger partial charge in [-0.05, 0) is 39.4 Å². The number of carbonyl (C=O) groups excluding carboxylic acids is 1. The molecular formula is C16H27N3O. The molecule has 0 unspecified atom stereocenters. The van der Waals surface area contributed by atoms with Crippen molar-refractivity contribution in [2.24, 2.45) is 0 Å². The maximum absolute atomic E-state index is 12.2. The Morgan fingerprint density at radius 2 is 1.95 bits per heavy atom. The highest BCUT2D eigenvalue weighted by Gasteiger charge is 2.10. The first kappa shape index (κ1) is 16.5. The summed E-state index contributed by atoms with van der Waals surface area (Å²) < 4.78 is 0. The topological polar surface area (TPSA) is 44.4 Å². The van der Waals surface area contributed by atoms with E-state index in [9.17, 15) is 4.79 Å². The van der Waals surface area contributed by atoms with Gasteiger partial charge in [-0.2, -0.15) is 0 Å². The van der Waals surface area contributed by atoms with Crippen molar-refractivity contribution in [3.05, 3.63) is 29.8 Å². The van der Waals surface area contributed by atoms with E-state index in [0.717, 1.165) is 25.2 Å². The Morgan fingerprint density at radius 3 is 2.60 bits per heavy atom. The highest BCUT2D eigenvalue weighted by atomic mass is 16.1. The number of amides is 1. The number of rotatable bonds is 8. The maximum atomic E-state index is 12.2. The smallest absolute Gasteiger partial charge is 0.253 e. The summed E-state index contributed by atoms with van der Waals surface area (Å²) in [4.78, 5) is 14.4. The second-order valence-electron chi connectivity index (χ2n) is 5.30. The number of anilines is 1. The van der Waals surface area contributed by atoms with Gasteiger partial charge in [-0.1, -0.05) is 19.1 Å². The SMILES string of the molecule is CCCNc1ccccc1C(=O)NCCN(C)C(C)C. The fourth-order valence-corrected chi connectivity index (χ4v) is 1.79. The van der Waals surface area contributed by atoms with Gasteiger partial charge in [0.2, 0.25) is 0 Å². The van der Waals surface area contributed by atoms with E-state index in [0.29, 0.717) is 18.2 Å². The molecule has 0 bridgehead atoms.